The van der Waals surface area contributed by atoms with E-state index < -0.39 is 0 Å². The normalized spacial score (nSPS) is 10.5. The van der Waals surface area contributed by atoms with Gasteiger partial charge in [-0.2, -0.15) is 0 Å². The van der Waals surface area contributed by atoms with Gasteiger partial charge in [0.15, 0.2) is 0 Å². The van der Waals surface area contributed by atoms with Gasteiger partial charge in [0.2, 0.25) is 0 Å². The Balaban J connectivity index is 2.49. The lowest BCUT2D eigenvalue weighted by atomic mass is 10.1. The van der Waals surface area contributed by atoms with Crippen LogP contribution in [0.1, 0.15) is 5.56 Å². The van der Waals surface area contributed by atoms with Crippen molar-refractivity contribution in [2.75, 3.05) is 27.7 Å². The van der Waals surface area contributed by atoms with E-state index in [1.54, 1.807) is 7.11 Å². The zero-order chi connectivity index (χ0) is 9.68. The summed E-state index contributed by atoms with van der Waals surface area (Å²) in [6, 6.07) is 8.06. The van der Waals surface area contributed by atoms with Crippen LogP contribution in [0, 0.1) is 6.42 Å². The van der Waals surface area contributed by atoms with E-state index in [1.165, 1.54) is 5.56 Å². The number of hydrogen-bond acceptors (Lipinski definition) is 2. The molecule has 2 nitrogen and oxygen atoms in total. The van der Waals surface area contributed by atoms with E-state index >= 15 is 0 Å². The molecule has 1 aromatic carbocycles. The third-order valence-corrected chi connectivity index (χ3v) is 1.81. The topological polar surface area (TPSA) is 12.5 Å². The van der Waals surface area contributed by atoms with Crippen molar-refractivity contribution in [2.24, 2.45) is 0 Å². The van der Waals surface area contributed by atoms with Gasteiger partial charge in [0.25, 0.3) is 0 Å². The van der Waals surface area contributed by atoms with Crippen molar-refractivity contribution >= 4 is 0 Å². The Bertz CT molecular complexity index is 241. The predicted octanol–water partition coefficient (Wildman–Crippen LogP) is 1.81. The number of methoxy groups -OCH3 is 1. The van der Waals surface area contributed by atoms with Gasteiger partial charge >= 0.3 is 0 Å². The summed E-state index contributed by atoms with van der Waals surface area (Å²) in [5.41, 5.74) is 1.23. The summed E-state index contributed by atoms with van der Waals surface area (Å²) in [5.74, 6) is 0.905. The maximum absolute atomic E-state index is 5.07. The first-order chi connectivity index (χ1) is 6.22. The molecule has 0 aliphatic rings. The molecule has 0 unspecified atom stereocenters. The molecule has 0 amide bonds. The maximum atomic E-state index is 5.07. The van der Waals surface area contributed by atoms with E-state index in [0.717, 1.165) is 12.3 Å². The van der Waals surface area contributed by atoms with Crippen LogP contribution in [0.5, 0.6) is 5.75 Å². The molecule has 1 rings (SSSR count). The molecule has 0 saturated carbocycles. The molecular weight excluding hydrogens is 162 g/mol. The summed E-state index contributed by atoms with van der Waals surface area (Å²) < 4.78 is 5.07. The van der Waals surface area contributed by atoms with Crippen LogP contribution in [0.3, 0.4) is 0 Å². The molecule has 71 valence electrons. The summed E-state index contributed by atoms with van der Waals surface area (Å²) >= 11 is 0. The summed E-state index contributed by atoms with van der Waals surface area (Å²) in [5, 5.41) is 0. The molecule has 0 saturated heterocycles. The minimum atomic E-state index is 0.905. The van der Waals surface area contributed by atoms with E-state index in [1.807, 2.05) is 12.1 Å². The molecule has 0 aromatic heterocycles. The van der Waals surface area contributed by atoms with Gasteiger partial charge in [0.05, 0.1) is 7.11 Å². The molecule has 0 fully saturated rings. The zero-order valence-corrected chi connectivity index (χ0v) is 8.45. The van der Waals surface area contributed by atoms with Gasteiger partial charge in [-0.15, -0.1) is 0 Å². The highest BCUT2D eigenvalue weighted by atomic mass is 16.5. The Kier molecular flexibility index (Phi) is 3.77. The lowest BCUT2D eigenvalue weighted by Crippen LogP contribution is -2.13. The molecule has 0 atom stereocenters. The highest BCUT2D eigenvalue weighted by Crippen LogP contribution is 2.12. The Morgan fingerprint density at radius 3 is 2.31 bits per heavy atom. The third kappa shape index (κ3) is 3.47. The van der Waals surface area contributed by atoms with Crippen molar-refractivity contribution in [1.82, 2.24) is 4.90 Å². The molecule has 0 N–H and O–H groups in total. The van der Waals surface area contributed by atoms with Crippen LogP contribution in [-0.4, -0.2) is 32.6 Å². The smallest absolute Gasteiger partial charge is 0.118 e. The Labute approximate surface area is 80.1 Å². The first-order valence-corrected chi connectivity index (χ1v) is 4.34. The second kappa shape index (κ2) is 4.87. The monoisotopic (exact) mass is 178 g/mol. The predicted molar refractivity (Wildman–Crippen MR) is 55.0 cm³/mol. The van der Waals surface area contributed by atoms with Gasteiger partial charge in [0.1, 0.15) is 5.75 Å². The second-order valence-electron chi connectivity index (χ2n) is 3.24. The SMILES string of the molecule is COc1ccc([CH]CN(C)C)cc1. The van der Waals surface area contributed by atoms with Crippen molar-refractivity contribution in [3.05, 3.63) is 36.2 Å². The highest BCUT2D eigenvalue weighted by molar-refractivity contribution is 5.31. The molecule has 0 heterocycles. The Hall–Kier alpha value is -1.02. The van der Waals surface area contributed by atoms with E-state index in [2.05, 4.69) is 37.5 Å². The number of nitrogens with zero attached hydrogens (tertiary/aromatic N) is 1. The van der Waals surface area contributed by atoms with Crippen LogP contribution in [0.25, 0.3) is 0 Å². The van der Waals surface area contributed by atoms with Crippen molar-refractivity contribution in [2.45, 2.75) is 0 Å². The molecule has 0 aliphatic heterocycles. The molecule has 1 radical (unpaired) electrons. The number of hydrogen-bond donors (Lipinski definition) is 0. The first kappa shape index (κ1) is 10.1. The Morgan fingerprint density at radius 2 is 1.85 bits per heavy atom. The summed E-state index contributed by atoms with van der Waals surface area (Å²) in [7, 11) is 5.79. The number of ether oxygens (including phenoxy) is 1. The van der Waals surface area contributed by atoms with Crippen molar-refractivity contribution in [3.8, 4) is 5.75 Å². The molecule has 1 aromatic rings. The summed E-state index contributed by atoms with van der Waals surface area (Å²) in [4.78, 5) is 2.13. The van der Waals surface area contributed by atoms with Gasteiger partial charge in [-0.3, -0.25) is 0 Å². The zero-order valence-electron chi connectivity index (χ0n) is 8.45. The van der Waals surface area contributed by atoms with Gasteiger partial charge in [-0.05, 0) is 31.8 Å². The van der Waals surface area contributed by atoms with Gasteiger partial charge in [-0.25, -0.2) is 0 Å². The minimum Gasteiger partial charge on any atom is -0.497 e. The summed E-state index contributed by atoms with van der Waals surface area (Å²) in [6.07, 6.45) is 2.18. The first-order valence-electron chi connectivity index (χ1n) is 4.34. The second-order valence-corrected chi connectivity index (χ2v) is 3.24. The fourth-order valence-corrected chi connectivity index (χ4v) is 1.03. The number of rotatable bonds is 4. The van der Waals surface area contributed by atoms with Gasteiger partial charge in [0, 0.05) is 13.0 Å². The maximum Gasteiger partial charge on any atom is 0.118 e. The molecule has 13 heavy (non-hydrogen) atoms. The fraction of sp³-hybridized carbons (Fsp3) is 0.364. The standard InChI is InChI=1S/C11H16NO/c1-12(2)9-8-10-4-6-11(13-3)7-5-10/h4-8H,9H2,1-3H3. The lowest BCUT2D eigenvalue weighted by Gasteiger charge is -2.08. The van der Waals surface area contributed by atoms with E-state index in [4.69, 9.17) is 4.74 Å². The number of benzene rings is 1. The van der Waals surface area contributed by atoms with Crippen LogP contribution in [0.15, 0.2) is 24.3 Å². The number of likely N-dealkylation sites (N-methyl/N-ethyl adjacent to an activating group) is 1. The Morgan fingerprint density at radius 1 is 1.23 bits per heavy atom. The molecule has 0 aliphatic carbocycles. The van der Waals surface area contributed by atoms with Crippen LogP contribution in [-0.2, 0) is 0 Å². The molecule has 0 spiro atoms. The van der Waals surface area contributed by atoms with Crippen LogP contribution in [0.4, 0.5) is 0 Å². The van der Waals surface area contributed by atoms with Crippen LogP contribution < -0.4 is 4.74 Å². The average molecular weight is 178 g/mol. The highest BCUT2D eigenvalue weighted by Gasteiger charge is 1.95. The van der Waals surface area contributed by atoms with Crippen LogP contribution >= 0.6 is 0 Å². The van der Waals surface area contributed by atoms with Gasteiger partial charge in [-0.1, -0.05) is 12.1 Å². The van der Waals surface area contributed by atoms with Gasteiger partial charge < -0.3 is 9.64 Å². The average Bonchev–Trinajstić information content (AvgIpc) is 2.15. The van der Waals surface area contributed by atoms with Crippen molar-refractivity contribution in [3.63, 3.8) is 0 Å². The molecular formula is C11H16NO. The van der Waals surface area contributed by atoms with E-state index in [-0.39, 0.29) is 0 Å². The lowest BCUT2D eigenvalue weighted by molar-refractivity contribution is 0.414. The van der Waals surface area contributed by atoms with E-state index in [0.29, 0.717) is 0 Å². The molecule has 2 heteroatoms. The largest absolute Gasteiger partial charge is 0.497 e. The fourth-order valence-electron chi connectivity index (χ4n) is 1.03. The van der Waals surface area contributed by atoms with Crippen LogP contribution in [0.2, 0.25) is 0 Å². The molecule has 0 bridgehead atoms. The third-order valence-electron chi connectivity index (χ3n) is 1.81. The quantitative estimate of drug-likeness (QED) is 0.697. The minimum absolute atomic E-state index is 0.905. The van der Waals surface area contributed by atoms with Crippen molar-refractivity contribution in [1.29, 1.82) is 0 Å². The summed E-state index contributed by atoms with van der Waals surface area (Å²) in [6.45, 7) is 0.965. The van der Waals surface area contributed by atoms with Crippen molar-refractivity contribution < 1.29 is 4.74 Å². The van der Waals surface area contributed by atoms with E-state index in [9.17, 15) is 0 Å².